The van der Waals surface area contributed by atoms with E-state index in [4.69, 9.17) is 0 Å². The molecule has 1 aliphatic rings. The van der Waals surface area contributed by atoms with E-state index in [1.165, 1.54) is 17.7 Å². The molecular weight excluding hydrogens is 356 g/mol. The van der Waals surface area contributed by atoms with Crippen molar-refractivity contribution in [1.29, 1.82) is 0 Å². The SMILES string of the molecule is O=C(CCCNc1ccc([N+](=O)[O-])cc1)NC1CCN(Cc2ccccc2)C1. The highest BCUT2D eigenvalue weighted by Gasteiger charge is 2.23. The van der Waals surface area contributed by atoms with Gasteiger partial charge < -0.3 is 10.6 Å². The highest BCUT2D eigenvalue weighted by atomic mass is 16.6. The summed E-state index contributed by atoms with van der Waals surface area (Å²) in [7, 11) is 0. The summed E-state index contributed by atoms with van der Waals surface area (Å²) in [5, 5.41) is 17.0. The average Bonchev–Trinajstić information content (AvgIpc) is 3.13. The Kier molecular flexibility index (Phi) is 6.97. The van der Waals surface area contributed by atoms with Crippen molar-refractivity contribution < 1.29 is 9.72 Å². The van der Waals surface area contributed by atoms with Crippen LogP contribution in [0.4, 0.5) is 11.4 Å². The summed E-state index contributed by atoms with van der Waals surface area (Å²) in [5.74, 6) is 0.0806. The number of anilines is 1. The lowest BCUT2D eigenvalue weighted by atomic mass is 10.2. The van der Waals surface area contributed by atoms with Crippen molar-refractivity contribution in [1.82, 2.24) is 10.2 Å². The van der Waals surface area contributed by atoms with Crippen LogP contribution in [0.2, 0.25) is 0 Å². The Labute approximate surface area is 164 Å². The van der Waals surface area contributed by atoms with Gasteiger partial charge in [-0.25, -0.2) is 0 Å². The predicted molar refractivity (Wildman–Crippen MR) is 109 cm³/mol. The summed E-state index contributed by atoms with van der Waals surface area (Å²) in [4.78, 5) is 24.8. The number of hydrogen-bond donors (Lipinski definition) is 2. The number of carbonyl (C=O) groups excluding carboxylic acids is 1. The van der Waals surface area contributed by atoms with Crippen LogP contribution in [0.5, 0.6) is 0 Å². The fourth-order valence-electron chi connectivity index (χ4n) is 3.42. The molecule has 1 fully saturated rings. The van der Waals surface area contributed by atoms with Crippen LogP contribution in [0, 0.1) is 10.1 Å². The van der Waals surface area contributed by atoms with Gasteiger partial charge in [0.15, 0.2) is 0 Å². The first-order valence-corrected chi connectivity index (χ1v) is 9.64. The molecule has 3 rings (SSSR count). The number of amides is 1. The maximum absolute atomic E-state index is 12.2. The number of nitro benzene ring substituents is 1. The molecule has 0 aliphatic carbocycles. The van der Waals surface area contributed by atoms with Gasteiger partial charge in [-0.3, -0.25) is 19.8 Å². The zero-order chi connectivity index (χ0) is 19.8. The van der Waals surface area contributed by atoms with E-state index in [1.807, 2.05) is 6.07 Å². The Bertz CT molecular complexity index is 780. The number of rotatable bonds is 9. The van der Waals surface area contributed by atoms with Crippen molar-refractivity contribution in [2.24, 2.45) is 0 Å². The second-order valence-corrected chi connectivity index (χ2v) is 7.11. The number of non-ortho nitro benzene ring substituents is 1. The molecule has 0 bridgehead atoms. The fourth-order valence-corrected chi connectivity index (χ4v) is 3.42. The van der Waals surface area contributed by atoms with Gasteiger partial charge in [0, 0.05) is 56.5 Å². The van der Waals surface area contributed by atoms with Crippen molar-refractivity contribution >= 4 is 17.3 Å². The molecule has 0 aromatic heterocycles. The molecule has 7 nitrogen and oxygen atoms in total. The minimum absolute atomic E-state index is 0.0720. The second kappa shape index (κ2) is 9.85. The molecule has 28 heavy (non-hydrogen) atoms. The monoisotopic (exact) mass is 382 g/mol. The first kappa shape index (κ1) is 19.8. The quantitative estimate of drug-likeness (QED) is 0.395. The van der Waals surface area contributed by atoms with E-state index < -0.39 is 4.92 Å². The zero-order valence-corrected chi connectivity index (χ0v) is 15.8. The predicted octanol–water partition coefficient (Wildman–Crippen LogP) is 3.18. The normalized spacial score (nSPS) is 16.6. The maximum Gasteiger partial charge on any atom is 0.269 e. The molecule has 148 valence electrons. The summed E-state index contributed by atoms with van der Waals surface area (Å²) in [6, 6.07) is 16.9. The summed E-state index contributed by atoms with van der Waals surface area (Å²) in [5.41, 5.74) is 2.19. The Morgan fingerprint density at radius 3 is 2.61 bits per heavy atom. The van der Waals surface area contributed by atoms with E-state index in [-0.39, 0.29) is 17.6 Å². The van der Waals surface area contributed by atoms with Gasteiger partial charge in [-0.2, -0.15) is 0 Å². The maximum atomic E-state index is 12.2. The third kappa shape index (κ3) is 6.06. The number of nitrogens with one attached hydrogen (secondary N) is 2. The number of hydrogen-bond acceptors (Lipinski definition) is 5. The van der Waals surface area contributed by atoms with Gasteiger partial charge in [-0.15, -0.1) is 0 Å². The first-order chi connectivity index (χ1) is 13.6. The van der Waals surface area contributed by atoms with Gasteiger partial charge >= 0.3 is 0 Å². The van der Waals surface area contributed by atoms with Gasteiger partial charge in [0.1, 0.15) is 0 Å². The van der Waals surface area contributed by atoms with Crippen LogP contribution in [0.3, 0.4) is 0 Å². The lowest BCUT2D eigenvalue weighted by Crippen LogP contribution is -2.37. The molecular formula is C21H26N4O3. The van der Waals surface area contributed by atoms with Crippen LogP contribution < -0.4 is 10.6 Å². The molecule has 0 saturated carbocycles. The van der Waals surface area contributed by atoms with Gasteiger partial charge in [-0.05, 0) is 30.5 Å². The third-order valence-electron chi connectivity index (χ3n) is 4.87. The minimum atomic E-state index is -0.419. The number of nitro groups is 1. The van der Waals surface area contributed by atoms with Crippen molar-refractivity contribution in [3.8, 4) is 0 Å². The Morgan fingerprint density at radius 2 is 1.89 bits per heavy atom. The van der Waals surface area contributed by atoms with E-state index in [0.29, 0.717) is 19.4 Å². The molecule has 0 spiro atoms. The van der Waals surface area contributed by atoms with E-state index in [9.17, 15) is 14.9 Å². The number of nitrogens with zero attached hydrogens (tertiary/aromatic N) is 2. The van der Waals surface area contributed by atoms with Crippen LogP contribution in [-0.2, 0) is 11.3 Å². The minimum Gasteiger partial charge on any atom is -0.385 e. The average molecular weight is 382 g/mol. The lowest BCUT2D eigenvalue weighted by molar-refractivity contribution is -0.384. The van der Waals surface area contributed by atoms with Gasteiger partial charge in [0.2, 0.25) is 5.91 Å². The van der Waals surface area contributed by atoms with Crippen LogP contribution in [0.25, 0.3) is 0 Å². The molecule has 2 N–H and O–H groups in total. The molecule has 1 heterocycles. The Hall–Kier alpha value is -2.93. The first-order valence-electron chi connectivity index (χ1n) is 9.64. The molecule has 7 heteroatoms. The zero-order valence-electron chi connectivity index (χ0n) is 15.8. The fraction of sp³-hybridized carbons (Fsp3) is 0.381. The van der Waals surface area contributed by atoms with E-state index in [2.05, 4.69) is 39.8 Å². The van der Waals surface area contributed by atoms with Crippen molar-refractivity contribution in [2.75, 3.05) is 25.0 Å². The molecule has 2 aromatic rings. The van der Waals surface area contributed by atoms with E-state index in [0.717, 1.165) is 31.7 Å². The molecule has 1 saturated heterocycles. The standard InChI is InChI=1S/C21H26N4O3/c26-21(7-4-13-22-18-8-10-20(11-9-18)25(27)28)23-19-12-14-24(16-19)15-17-5-2-1-3-6-17/h1-3,5-6,8-11,19,22H,4,7,12-16H2,(H,23,26). The van der Waals surface area contributed by atoms with Gasteiger partial charge in [0.05, 0.1) is 4.92 Å². The van der Waals surface area contributed by atoms with E-state index in [1.54, 1.807) is 12.1 Å². The van der Waals surface area contributed by atoms with Crippen molar-refractivity contribution in [3.05, 3.63) is 70.3 Å². The topological polar surface area (TPSA) is 87.5 Å². The summed E-state index contributed by atoms with van der Waals surface area (Å²) < 4.78 is 0. The van der Waals surface area contributed by atoms with Crippen LogP contribution in [0.15, 0.2) is 54.6 Å². The number of carbonyl (C=O) groups is 1. The summed E-state index contributed by atoms with van der Waals surface area (Å²) >= 11 is 0. The molecule has 2 aromatic carbocycles. The second-order valence-electron chi connectivity index (χ2n) is 7.11. The van der Waals surface area contributed by atoms with E-state index >= 15 is 0 Å². The number of benzene rings is 2. The smallest absolute Gasteiger partial charge is 0.269 e. The Morgan fingerprint density at radius 1 is 1.14 bits per heavy atom. The highest BCUT2D eigenvalue weighted by Crippen LogP contribution is 2.16. The van der Waals surface area contributed by atoms with Gasteiger partial charge in [-0.1, -0.05) is 30.3 Å². The van der Waals surface area contributed by atoms with Crippen molar-refractivity contribution in [2.45, 2.75) is 31.8 Å². The van der Waals surface area contributed by atoms with Crippen molar-refractivity contribution in [3.63, 3.8) is 0 Å². The summed E-state index contributed by atoms with van der Waals surface area (Å²) in [6.45, 7) is 3.46. The summed E-state index contributed by atoms with van der Waals surface area (Å²) in [6.07, 6.45) is 2.16. The largest absolute Gasteiger partial charge is 0.385 e. The third-order valence-corrected chi connectivity index (χ3v) is 4.87. The molecule has 1 amide bonds. The lowest BCUT2D eigenvalue weighted by Gasteiger charge is -2.17. The molecule has 1 atom stereocenters. The van der Waals surface area contributed by atoms with Crippen LogP contribution in [-0.4, -0.2) is 41.4 Å². The van der Waals surface area contributed by atoms with Crippen LogP contribution in [0.1, 0.15) is 24.8 Å². The number of likely N-dealkylation sites (tertiary alicyclic amines) is 1. The molecule has 1 unspecified atom stereocenters. The van der Waals surface area contributed by atoms with Crippen LogP contribution >= 0.6 is 0 Å². The Balaban J connectivity index is 1.31. The molecule has 1 aliphatic heterocycles. The highest BCUT2D eigenvalue weighted by molar-refractivity contribution is 5.76. The van der Waals surface area contributed by atoms with Gasteiger partial charge in [0.25, 0.3) is 5.69 Å². The molecule has 0 radical (unpaired) electrons.